The molecule has 1 rings (SSSR count). The third-order valence-electron chi connectivity index (χ3n) is 3.40. The molecule has 0 aromatic rings. The standard InChI is InChI=1S/C12H21NO3/c1-9(14)4-6-13-7-5-12(3,16)11(8-13)10(2)15/h11,16H,4-8H2,1-3H3. The molecule has 0 aromatic carbocycles. The molecule has 2 unspecified atom stereocenters. The number of carbonyl (C=O) groups is 2. The number of Topliss-reactive ketones (excluding diaryl/α,β-unsaturated/α-hetero) is 2. The molecule has 0 saturated carbocycles. The number of hydrogen-bond donors (Lipinski definition) is 1. The summed E-state index contributed by atoms with van der Waals surface area (Å²) in [6.45, 7) is 6.83. The summed E-state index contributed by atoms with van der Waals surface area (Å²) in [5.41, 5.74) is -0.890. The quantitative estimate of drug-likeness (QED) is 0.765. The van der Waals surface area contributed by atoms with Crippen molar-refractivity contribution < 1.29 is 14.7 Å². The first-order valence-electron chi connectivity index (χ1n) is 5.77. The molecule has 0 radical (unpaired) electrons. The predicted molar refractivity (Wildman–Crippen MR) is 61.1 cm³/mol. The van der Waals surface area contributed by atoms with Crippen molar-refractivity contribution in [2.45, 2.75) is 39.2 Å². The van der Waals surface area contributed by atoms with Crippen LogP contribution in [0.25, 0.3) is 0 Å². The first-order valence-corrected chi connectivity index (χ1v) is 5.77. The highest BCUT2D eigenvalue weighted by Gasteiger charge is 2.39. The fraction of sp³-hybridized carbons (Fsp3) is 0.833. The Bertz CT molecular complexity index is 286. The Morgan fingerprint density at radius 2 is 2.06 bits per heavy atom. The van der Waals surface area contributed by atoms with Gasteiger partial charge in [0.25, 0.3) is 0 Å². The molecule has 4 nitrogen and oxygen atoms in total. The zero-order chi connectivity index (χ0) is 12.3. The summed E-state index contributed by atoms with van der Waals surface area (Å²) >= 11 is 0. The molecule has 0 aromatic heterocycles. The summed E-state index contributed by atoms with van der Waals surface area (Å²) in [5.74, 6) is -0.137. The van der Waals surface area contributed by atoms with E-state index < -0.39 is 5.60 Å². The van der Waals surface area contributed by atoms with Crippen molar-refractivity contribution in [2.75, 3.05) is 19.6 Å². The SMILES string of the molecule is CC(=O)CCN1CCC(C)(O)C(C(C)=O)C1. The predicted octanol–water partition coefficient (Wildman–Crippen LogP) is 0.627. The first-order chi connectivity index (χ1) is 7.33. The van der Waals surface area contributed by atoms with Gasteiger partial charge in [-0.15, -0.1) is 0 Å². The highest BCUT2D eigenvalue weighted by molar-refractivity contribution is 5.80. The van der Waals surface area contributed by atoms with Crippen molar-refractivity contribution >= 4 is 11.6 Å². The molecule has 16 heavy (non-hydrogen) atoms. The molecule has 0 amide bonds. The summed E-state index contributed by atoms with van der Waals surface area (Å²) in [6.07, 6.45) is 1.11. The van der Waals surface area contributed by atoms with Gasteiger partial charge in [0, 0.05) is 26.1 Å². The van der Waals surface area contributed by atoms with Gasteiger partial charge in [-0.05, 0) is 27.2 Å². The van der Waals surface area contributed by atoms with E-state index in [9.17, 15) is 14.7 Å². The van der Waals surface area contributed by atoms with Gasteiger partial charge in [-0.1, -0.05) is 0 Å². The second kappa shape index (κ2) is 5.06. The number of hydrogen-bond acceptors (Lipinski definition) is 4. The van der Waals surface area contributed by atoms with Gasteiger partial charge in [0.05, 0.1) is 11.5 Å². The summed E-state index contributed by atoms with van der Waals surface area (Å²) in [5, 5.41) is 10.1. The molecule has 1 N–H and O–H groups in total. The molecule has 0 bridgehead atoms. The van der Waals surface area contributed by atoms with E-state index in [1.165, 1.54) is 6.92 Å². The molecule has 1 aliphatic rings. The van der Waals surface area contributed by atoms with E-state index in [4.69, 9.17) is 0 Å². The number of nitrogens with zero attached hydrogens (tertiary/aromatic N) is 1. The van der Waals surface area contributed by atoms with Gasteiger partial charge >= 0.3 is 0 Å². The largest absolute Gasteiger partial charge is 0.389 e. The van der Waals surface area contributed by atoms with Crippen LogP contribution in [-0.4, -0.2) is 46.8 Å². The van der Waals surface area contributed by atoms with Gasteiger partial charge in [0.15, 0.2) is 0 Å². The van der Waals surface area contributed by atoms with Crippen molar-refractivity contribution in [3.8, 4) is 0 Å². The minimum atomic E-state index is -0.890. The van der Waals surface area contributed by atoms with Crippen LogP contribution in [0.5, 0.6) is 0 Å². The second-order valence-corrected chi connectivity index (χ2v) is 5.02. The average molecular weight is 227 g/mol. The van der Waals surface area contributed by atoms with Crippen molar-refractivity contribution in [2.24, 2.45) is 5.92 Å². The van der Waals surface area contributed by atoms with E-state index in [0.717, 1.165) is 6.54 Å². The topological polar surface area (TPSA) is 57.6 Å². The lowest BCUT2D eigenvalue weighted by atomic mass is 9.80. The van der Waals surface area contributed by atoms with E-state index >= 15 is 0 Å². The van der Waals surface area contributed by atoms with E-state index in [0.29, 0.717) is 25.9 Å². The zero-order valence-corrected chi connectivity index (χ0v) is 10.3. The molecule has 1 fully saturated rings. The van der Waals surface area contributed by atoms with Crippen molar-refractivity contribution in [1.29, 1.82) is 0 Å². The highest BCUT2D eigenvalue weighted by Crippen LogP contribution is 2.28. The van der Waals surface area contributed by atoms with Crippen LogP contribution >= 0.6 is 0 Å². The van der Waals surface area contributed by atoms with Crippen LogP contribution in [0.4, 0.5) is 0 Å². The molecular formula is C12H21NO3. The lowest BCUT2D eigenvalue weighted by Crippen LogP contribution is -2.53. The van der Waals surface area contributed by atoms with Crippen LogP contribution in [0.15, 0.2) is 0 Å². The van der Waals surface area contributed by atoms with Gasteiger partial charge in [0.1, 0.15) is 11.6 Å². The zero-order valence-electron chi connectivity index (χ0n) is 10.3. The van der Waals surface area contributed by atoms with E-state index in [2.05, 4.69) is 4.90 Å². The maximum absolute atomic E-state index is 11.4. The van der Waals surface area contributed by atoms with Crippen LogP contribution in [0, 0.1) is 5.92 Å². The Morgan fingerprint density at radius 3 is 2.56 bits per heavy atom. The van der Waals surface area contributed by atoms with Crippen molar-refractivity contribution in [3.63, 3.8) is 0 Å². The maximum atomic E-state index is 11.4. The third kappa shape index (κ3) is 3.39. The summed E-state index contributed by atoms with van der Waals surface area (Å²) in [4.78, 5) is 24.4. The minimum Gasteiger partial charge on any atom is -0.389 e. The smallest absolute Gasteiger partial charge is 0.137 e. The first kappa shape index (κ1) is 13.3. The molecule has 4 heteroatoms. The number of aliphatic hydroxyl groups is 1. The van der Waals surface area contributed by atoms with Crippen LogP contribution in [0.3, 0.4) is 0 Å². The molecule has 0 spiro atoms. The van der Waals surface area contributed by atoms with Crippen LogP contribution in [0.1, 0.15) is 33.6 Å². The summed E-state index contributed by atoms with van der Waals surface area (Å²) < 4.78 is 0. The number of carbonyl (C=O) groups excluding carboxylic acids is 2. The number of ketones is 2. The maximum Gasteiger partial charge on any atom is 0.137 e. The minimum absolute atomic E-state index is 0.0255. The number of likely N-dealkylation sites (tertiary alicyclic amines) is 1. The fourth-order valence-electron chi connectivity index (χ4n) is 2.19. The Kier molecular flexibility index (Phi) is 4.21. The lowest BCUT2D eigenvalue weighted by Gasteiger charge is -2.41. The van der Waals surface area contributed by atoms with Crippen molar-refractivity contribution in [3.05, 3.63) is 0 Å². The van der Waals surface area contributed by atoms with Gasteiger partial charge in [-0.3, -0.25) is 9.59 Å². The summed E-state index contributed by atoms with van der Waals surface area (Å²) in [7, 11) is 0. The highest BCUT2D eigenvalue weighted by atomic mass is 16.3. The third-order valence-corrected chi connectivity index (χ3v) is 3.40. The Hall–Kier alpha value is -0.740. The van der Waals surface area contributed by atoms with Gasteiger partial charge in [0.2, 0.25) is 0 Å². The normalized spacial score (nSPS) is 31.4. The molecule has 92 valence electrons. The monoisotopic (exact) mass is 227 g/mol. The summed E-state index contributed by atoms with van der Waals surface area (Å²) in [6, 6.07) is 0. The van der Waals surface area contributed by atoms with Crippen LogP contribution in [0.2, 0.25) is 0 Å². The van der Waals surface area contributed by atoms with E-state index in [1.54, 1.807) is 13.8 Å². The number of piperidine rings is 1. The Labute approximate surface area is 96.6 Å². The van der Waals surface area contributed by atoms with E-state index in [1.807, 2.05) is 0 Å². The van der Waals surface area contributed by atoms with Crippen LogP contribution < -0.4 is 0 Å². The van der Waals surface area contributed by atoms with E-state index in [-0.39, 0.29) is 17.5 Å². The molecule has 1 saturated heterocycles. The van der Waals surface area contributed by atoms with Gasteiger partial charge in [-0.25, -0.2) is 0 Å². The fourth-order valence-corrected chi connectivity index (χ4v) is 2.19. The Morgan fingerprint density at radius 1 is 1.44 bits per heavy atom. The Balaban J connectivity index is 2.56. The van der Waals surface area contributed by atoms with Crippen LogP contribution in [-0.2, 0) is 9.59 Å². The van der Waals surface area contributed by atoms with Gasteiger partial charge < -0.3 is 10.0 Å². The lowest BCUT2D eigenvalue weighted by molar-refractivity contribution is -0.135. The number of rotatable bonds is 4. The van der Waals surface area contributed by atoms with Gasteiger partial charge in [-0.2, -0.15) is 0 Å². The molecule has 0 aliphatic carbocycles. The molecule has 1 aliphatic heterocycles. The van der Waals surface area contributed by atoms with Crippen molar-refractivity contribution in [1.82, 2.24) is 4.90 Å². The second-order valence-electron chi connectivity index (χ2n) is 5.02. The molecular weight excluding hydrogens is 206 g/mol. The average Bonchev–Trinajstić information content (AvgIpc) is 2.15. The molecule has 2 atom stereocenters. The molecule has 1 heterocycles.